The zero-order valence-corrected chi connectivity index (χ0v) is 17.4. The van der Waals surface area contributed by atoms with Gasteiger partial charge in [-0.05, 0) is 42.2 Å². The minimum absolute atomic E-state index is 0.00141. The van der Waals surface area contributed by atoms with Gasteiger partial charge in [0.05, 0.1) is 18.3 Å². The molecule has 7 nitrogen and oxygen atoms in total. The van der Waals surface area contributed by atoms with Gasteiger partial charge in [0.2, 0.25) is 0 Å². The van der Waals surface area contributed by atoms with Crippen LogP contribution in [-0.4, -0.2) is 62.2 Å². The second-order valence-electron chi connectivity index (χ2n) is 8.40. The largest absolute Gasteiger partial charge is 0.391 e. The molecule has 0 spiro atoms. The van der Waals surface area contributed by atoms with Gasteiger partial charge in [0.1, 0.15) is 0 Å². The highest BCUT2D eigenvalue weighted by molar-refractivity contribution is 6.07. The van der Waals surface area contributed by atoms with Gasteiger partial charge in [0.25, 0.3) is 11.8 Å². The number of aryl methyl sites for hydroxylation is 1. The Hall–Kier alpha value is -3.19. The van der Waals surface area contributed by atoms with Gasteiger partial charge in [-0.25, -0.2) is 0 Å². The van der Waals surface area contributed by atoms with Gasteiger partial charge in [-0.15, -0.1) is 0 Å². The van der Waals surface area contributed by atoms with Crippen molar-refractivity contribution in [3.05, 3.63) is 65.5 Å². The topological polar surface area (TPSA) is 78.7 Å². The third kappa shape index (κ3) is 3.81. The van der Waals surface area contributed by atoms with E-state index in [0.29, 0.717) is 44.0 Å². The summed E-state index contributed by atoms with van der Waals surface area (Å²) in [4.78, 5) is 29.8. The fraction of sp³-hybridized carbons (Fsp3) is 0.375. The van der Waals surface area contributed by atoms with Crippen molar-refractivity contribution in [3.8, 4) is 0 Å². The van der Waals surface area contributed by atoms with Crippen LogP contribution in [0.15, 0.2) is 48.5 Å². The van der Waals surface area contributed by atoms with Crippen LogP contribution in [0.2, 0.25) is 0 Å². The number of hydrogen-bond acceptors (Lipinski definition) is 4. The number of fused-ring (bicyclic) bond motifs is 2. The molecule has 3 heterocycles. The van der Waals surface area contributed by atoms with E-state index in [1.165, 1.54) is 0 Å². The molecule has 1 aromatic heterocycles. The normalized spacial score (nSPS) is 19.2. The molecule has 3 aromatic rings. The number of likely N-dealkylation sites (tertiary alicyclic amines) is 1. The number of piperidine rings is 1. The zero-order chi connectivity index (χ0) is 21.4. The number of benzene rings is 2. The first-order valence-electron chi connectivity index (χ1n) is 10.9. The van der Waals surface area contributed by atoms with E-state index in [1.807, 2.05) is 52.0 Å². The summed E-state index contributed by atoms with van der Waals surface area (Å²) in [6.07, 6.45) is 1.84. The fourth-order valence-electron chi connectivity index (χ4n) is 4.62. The molecule has 0 saturated carbocycles. The van der Waals surface area contributed by atoms with Crippen LogP contribution in [0.25, 0.3) is 10.8 Å². The maximum atomic E-state index is 13.4. The maximum absolute atomic E-state index is 13.4. The number of hydrogen-bond donors (Lipinski definition) is 1. The Balaban J connectivity index is 1.39. The molecule has 0 aliphatic carbocycles. The lowest BCUT2D eigenvalue weighted by molar-refractivity contribution is 0.0468. The minimum atomic E-state index is -0.466. The molecule has 0 radical (unpaired) electrons. The monoisotopic (exact) mass is 418 g/mol. The third-order valence-electron chi connectivity index (χ3n) is 6.22. The van der Waals surface area contributed by atoms with Crippen molar-refractivity contribution in [2.45, 2.75) is 38.5 Å². The number of aromatic nitrogens is 2. The number of carbonyl (C=O) groups is 2. The first-order valence-corrected chi connectivity index (χ1v) is 10.9. The standard InChI is InChI=1S/C24H26N4O3/c29-19-8-4-11-27(16-19)24(31)22-14-18-15-26(12-5-13-28(18)25-22)23(30)21-10-3-7-17-6-1-2-9-20(17)21/h1-3,6-7,9-10,14,19,29H,4-5,8,11-13,15-16H2/t19-/m1/s1. The molecule has 7 heteroatoms. The molecule has 2 aromatic carbocycles. The average molecular weight is 418 g/mol. The molecule has 0 bridgehead atoms. The quantitative estimate of drug-likeness (QED) is 0.694. The van der Waals surface area contributed by atoms with Crippen LogP contribution in [0, 0.1) is 0 Å². The third-order valence-corrected chi connectivity index (χ3v) is 6.22. The number of rotatable bonds is 2. The average Bonchev–Trinajstić information content (AvgIpc) is 3.09. The Kier molecular flexibility index (Phi) is 5.19. The van der Waals surface area contributed by atoms with Gasteiger partial charge in [-0.3, -0.25) is 14.3 Å². The van der Waals surface area contributed by atoms with Gasteiger partial charge in [-0.2, -0.15) is 5.10 Å². The van der Waals surface area contributed by atoms with Gasteiger partial charge in [0, 0.05) is 31.7 Å². The van der Waals surface area contributed by atoms with E-state index < -0.39 is 6.10 Å². The zero-order valence-electron chi connectivity index (χ0n) is 17.4. The summed E-state index contributed by atoms with van der Waals surface area (Å²) in [5, 5.41) is 16.4. The van der Waals surface area contributed by atoms with E-state index in [0.717, 1.165) is 35.7 Å². The number of carbonyl (C=O) groups excluding carboxylic acids is 2. The number of nitrogens with zero attached hydrogens (tertiary/aromatic N) is 4. The molecular formula is C24H26N4O3. The Morgan fingerprint density at radius 1 is 0.935 bits per heavy atom. The summed E-state index contributed by atoms with van der Waals surface area (Å²) in [5.74, 6) is -0.148. The van der Waals surface area contributed by atoms with Gasteiger partial charge >= 0.3 is 0 Å². The summed E-state index contributed by atoms with van der Waals surface area (Å²) in [5.41, 5.74) is 1.96. The second kappa shape index (κ2) is 8.15. The summed E-state index contributed by atoms with van der Waals surface area (Å²) < 4.78 is 1.85. The predicted octanol–water partition coefficient (Wildman–Crippen LogP) is 2.68. The first kappa shape index (κ1) is 19.8. The van der Waals surface area contributed by atoms with Crippen LogP contribution < -0.4 is 0 Å². The molecule has 160 valence electrons. The number of amides is 2. The summed E-state index contributed by atoms with van der Waals surface area (Å²) >= 11 is 0. The van der Waals surface area contributed by atoms with E-state index >= 15 is 0 Å². The molecule has 5 rings (SSSR count). The molecule has 1 saturated heterocycles. The summed E-state index contributed by atoms with van der Waals surface area (Å²) in [6.45, 7) is 2.74. The molecule has 31 heavy (non-hydrogen) atoms. The van der Waals surface area contributed by atoms with Crippen molar-refractivity contribution in [3.63, 3.8) is 0 Å². The highest BCUT2D eigenvalue weighted by Gasteiger charge is 2.28. The summed E-state index contributed by atoms with van der Waals surface area (Å²) in [6, 6.07) is 15.5. The van der Waals surface area contributed by atoms with Gasteiger partial charge < -0.3 is 14.9 Å². The Labute approximate surface area is 180 Å². The lowest BCUT2D eigenvalue weighted by Gasteiger charge is -2.29. The van der Waals surface area contributed by atoms with Crippen molar-refractivity contribution in [2.75, 3.05) is 19.6 Å². The van der Waals surface area contributed by atoms with Crippen molar-refractivity contribution in [1.29, 1.82) is 0 Å². The highest BCUT2D eigenvalue weighted by Crippen LogP contribution is 2.23. The molecule has 2 aliphatic heterocycles. The first-order chi connectivity index (χ1) is 15.1. The van der Waals surface area contributed by atoms with Crippen LogP contribution in [0.4, 0.5) is 0 Å². The molecule has 1 atom stereocenters. The van der Waals surface area contributed by atoms with Gasteiger partial charge in [0.15, 0.2) is 5.69 Å². The highest BCUT2D eigenvalue weighted by atomic mass is 16.3. The fourth-order valence-corrected chi connectivity index (χ4v) is 4.62. The van der Waals surface area contributed by atoms with Crippen LogP contribution in [-0.2, 0) is 13.1 Å². The lowest BCUT2D eigenvalue weighted by Crippen LogP contribution is -2.42. The van der Waals surface area contributed by atoms with E-state index in [1.54, 1.807) is 11.0 Å². The lowest BCUT2D eigenvalue weighted by atomic mass is 10.0. The van der Waals surface area contributed by atoms with E-state index in [-0.39, 0.29) is 11.8 Å². The maximum Gasteiger partial charge on any atom is 0.274 e. The van der Waals surface area contributed by atoms with Crippen molar-refractivity contribution < 1.29 is 14.7 Å². The van der Waals surface area contributed by atoms with E-state index in [2.05, 4.69) is 5.10 Å². The van der Waals surface area contributed by atoms with Crippen LogP contribution >= 0.6 is 0 Å². The predicted molar refractivity (Wildman–Crippen MR) is 117 cm³/mol. The number of aliphatic hydroxyl groups excluding tert-OH is 1. The van der Waals surface area contributed by atoms with Crippen molar-refractivity contribution in [2.24, 2.45) is 0 Å². The SMILES string of the molecule is O=C(c1cc2n(n1)CCCN(C(=O)c1cccc3ccccc13)C2)N1CCC[C@@H](O)C1. The smallest absolute Gasteiger partial charge is 0.274 e. The molecular weight excluding hydrogens is 392 g/mol. The molecule has 2 aliphatic rings. The number of aliphatic hydroxyl groups is 1. The van der Waals surface area contributed by atoms with Crippen LogP contribution in [0.1, 0.15) is 45.8 Å². The van der Waals surface area contributed by atoms with Crippen molar-refractivity contribution >= 4 is 22.6 Å². The second-order valence-corrected chi connectivity index (χ2v) is 8.40. The molecule has 1 N–H and O–H groups in total. The van der Waals surface area contributed by atoms with Gasteiger partial charge in [-0.1, -0.05) is 36.4 Å². The Bertz CT molecular complexity index is 1130. The Morgan fingerprint density at radius 3 is 2.61 bits per heavy atom. The van der Waals surface area contributed by atoms with Crippen LogP contribution in [0.3, 0.4) is 0 Å². The molecule has 2 amide bonds. The molecule has 0 unspecified atom stereocenters. The Morgan fingerprint density at radius 2 is 1.74 bits per heavy atom. The van der Waals surface area contributed by atoms with E-state index in [4.69, 9.17) is 0 Å². The summed E-state index contributed by atoms with van der Waals surface area (Å²) in [7, 11) is 0. The minimum Gasteiger partial charge on any atom is -0.391 e. The van der Waals surface area contributed by atoms with Crippen LogP contribution in [0.5, 0.6) is 0 Å². The number of β-amino-alcohol motifs (C(OH)–C–C–N with tert-alkyl or cyclic N) is 1. The molecule has 1 fully saturated rings. The van der Waals surface area contributed by atoms with Crippen molar-refractivity contribution in [1.82, 2.24) is 19.6 Å². The van der Waals surface area contributed by atoms with E-state index in [9.17, 15) is 14.7 Å².